The SMILES string of the molecule is O=C(O)C(=C1CCCCC1)C1COCO1. The van der Waals surface area contributed by atoms with E-state index in [9.17, 15) is 9.90 Å². The third-order valence-electron chi connectivity index (χ3n) is 3.01. The van der Waals surface area contributed by atoms with E-state index in [-0.39, 0.29) is 12.9 Å². The molecule has 1 unspecified atom stereocenters. The highest BCUT2D eigenvalue weighted by Gasteiger charge is 2.29. The van der Waals surface area contributed by atoms with Gasteiger partial charge >= 0.3 is 5.97 Å². The highest BCUT2D eigenvalue weighted by molar-refractivity contribution is 5.88. The van der Waals surface area contributed by atoms with Gasteiger partial charge in [-0.15, -0.1) is 0 Å². The number of hydrogen-bond donors (Lipinski definition) is 1. The number of carboxylic acids is 1. The lowest BCUT2D eigenvalue weighted by Gasteiger charge is -2.19. The Bertz CT molecular complexity index is 268. The topological polar surface area (TPSA) is 55.8 Å². The Labute approximate surface area is 88.9 Å². The zero-order chi connectivity index (χ0) is 10.7. The van der Waals surface area contributed by atoms with E-state index < -0.39 is 5.97 Å². The molecule has 0 spiro atoms. The molecule has 1 saturated carbocycles. The van der Waals surface area contributed by atoms with Crippen molar-refractivity contribution < 1.29 is 19.4 Å². The average molecular weight is 212 g/mol. The van der Waals surface area contributed by atoms with Crippen molar-refractivity contribution in [2.75, 3.05) is 13.4 Å². The molecule has 2 fully saturated rings. The zero-order valence-electron chi connectivity index (χ0n) is 8.70. The molecule has 1 aliphatic carbocycles. The fourth-order valence-electron chi connectivity index (χ4n) is 2.26. The summed E-state index contributed by atoms with van der Waals surface area (Å²) >= 11 is 0. The zero-order valence-corrected chi connectivity index (χ0v) is 8.70. The monoisotopic (exact) mass is 212 g/mol. The predicted octanol–water partition coefficient (Wildman–Crippen LogP) is 1.70. The van der Waals surface area contributed by atoms with E-state index in [1.807, 2.05) is 0 Å². The molecule has 1 saturated heterocycles. The molecule has 0 bridgehead atoms. The number of ether oxygens (including phenoxy) is 2. The third kappa shape index (κ3) is 2.38. The minimum Gasteiger partial charge on any atom is -0.478 e. The van der Waals surface area contributed by atoms with Crippen molar-refractivity contribution >= 4 is 5.97 Å². The van der Waals surface area contributed by atoms with Crippen LogP contribution in [0.2, 0.25) is 0 Å². The van der Waals surface area contributed by atoms with Crippen LogP contribution in [0.4, 0.5) is 0 Å². The van der Waals surface area contributed by atoms with Crippen LogP contribution in [0.15, 0.2) is 11.1 Å². The fraction of sp³-hybridized carbons (Fsp3) is 0.727. The van der Waals surface area contributed by atoms with Gasteiger partial charge < -0.3 is 14.6 Å². The summed E-state index contributed by atoms with van der Waals surface area (Å²) in [4.78, 5) is 11.2. The summed E-state index contributed by atoms with van der Waals surface area (Å²) in [6.45, 7) is 0.597. The van der Waals surface area contributed by atoms with Gasteiger partial charge in [0.1, 0.15) is 12.9 Å². The predicted molar refractivity (Wildman–Crippen MR) is 53.4 cm³/mol. The Morgan fingerprint density at radius 2 is 2.00 bits per heavy atom. The summed E-state index contributed by atoms with van der Waals surface area (Å²) in [5.74, 6) is -0.845. The highest BCUT2D eigenvalue weighted by atomic mass is 16.7. The molecule has 0 aromatic carbocycles. The van der Waals surface area contributed by atoms with Crippen LogP contribution in [-0.2, 0) is 14.3 Å². The van der Waals surface area contributed by atoms with Gasteiger partial charge in [-0.05, 0) is 25.7 Å². The van der Waals surface area contributed by atoms with Gasteiger partial charge in [-0.25, -0.2) is 4.79 Å². The molecule has 84 valence electrons. The lowest BCUT2D eigenvalue weighted by molar-refractivity contribution is -0.133. The largest absolute Gasteiger partial charge is 0.478 e. The molecule has 1 heterocycles. The minimum absolute atomic E-state index is 0.217. The third-order valence-corrected chi connectivity index (χ3v) is 3.01. The molecule has 2 aliphatic rings. The van der Waals surface area contributed by atoms with Crippen molar-refractivity contribution in [2.45, 2.75) is 38.2 Å². The number of carboxylic acid groups (broad SMARTS) is 1. The van der Waals surface area contributed by atoms with E-state index in [2.05, 4.69) is 0 Å². The van der Waals surface area contributed by atoms with Crippen molar-refractivity contribution in [3.63, 3.8) is 0 Å². The van der Waals surface area contributed by atoms with Crippen LogP contribution in [0, 0.1) is 0 Å². The van der Waals surface area contributed by atoms with Crippen LogP contribution >= 0.6 is 0 Å². The van der Waals surface area contributed by atoms with Crippen LogP contribution < -0.4 is 0 Å². The Morgan fingerprint density at radius 1 is 1.27 bits per heavy atom. The quantitative estimate of drug-likeness (QED) is 0.708. The smallest absolute Gasteiger partial charge is 0.334 e. The van der Waals surface area contributed by atoms with Gasteiger partial charge in [0.25, 0.3) is 0 Å². The number of rotatable bonds is 2. The van der Waals surface area contributed by atoms with Crippen molar-refractivity contribution in [1.29, 1.82) is 0 Å². The second-order valence-electron chi connectivity index (χ2n) is 4.03. The van der Waals surface area contributed by atoms with E-state index in [1.165, 1.54) is 6.42 Å². The molecule has 0 radical (unpaired) electrons. The molecule has 0 aromatic heterocycles. The Balaban J connectivity index is 2.19. The maximum atomic E-state index is 11.2. The molecule has 4 nitrogen and oxygen atoms in total. The van der Waals surface area contributed by atoms with E-state index in [1.54, 1.807) is 0 Å². The second kappa shape index (κ2) is 4.77. The van der Waals surface area contributed by atoms with Crippen molar-refractivity contribution in [3.8, 4) is 0 Å². The Kier molecular flexibility index (Phi) is 3.38. The molecule has 1 atom stereocenters. The molecule has 1 aliphatic heterocycles. The van der Waals surface area contributed by atoms with Gasteiger partial charge in [-0.3, -0.25) is 0 Å². The van der Waals surface area contributed by atoms with Crippen LogP contribution in [0.3, 0.4) is 0 Å². The van der Waals surface area contributed by atoms with E-state index >= 15 is 0 Å². The molecule has 15 heavy (non-hydrogen) atoms. The molecule has 4 heteroatoms. The van der Waals surface area contributed by atoms with Crippen LogP contribution in [0.25, 0.3) is 0 Å². The molecule has 0 amide bonds. The van der Waals surface area contributed by atoms with Crippen molar-refractivity contribution in [1.82, 2.24) is 0 Å². The summed E-state index contributed by atoms with van der Waals surface area (Å²) in [6, 6.07) is 0. The van der Waals surface area contributed by atoms with Gasteiger partial charge in [0, 0.05) is 0 Å². The molecule has 2 rings (SSSR count). The van der Waals surface area contributed by atoms with Crippen molar-refractivity contribution in [2.24, 2.45) is 0 Å². The molecule has 0 aromatic rings. The molecule has 1 N–H and O–H groups in total. The minimum atomic E-state index is -0.845. The summed E-state index contributed by atoms with van der Waals surface area (Å²) in [7, 11) is 0. The number of allylic oxidation sites excluding steroid dienone is 1. The van der Waals surface area contributed by atoms with Crippen LogP contribution in [0.5, 0.6) is 0 Å². The lowest BCUT2D eigenvalue weighted by Crippen LogP contribution is -2.22. The fourth-order valence-corrected chi connectivity index (χ4v) is 2.26. The summed E-state index contributed by atoms with van der Waals surface area (Å²) in [5.41, 5.74) is 1.51. The van der Waals surface area contributed by atoms with E-state index in [0.717, 1.165) is 31.3 Å². The number of carbonyl (C=O) groups is 1. The summed E-state index contributed by atoms with van der Waals surface area (Å²) in [6.07, 6.45) is 4.86. The average Bonchev–Trinajstić information content (AvgIpc) is 2.72. The first-order chi connectivity index (χ1) is 7.29. The normalized spacial score (nSPS) is 26.7. The standard InChI is InChI=1S/C11H16O4/c12-11(13)10(9-6-14-7-15-9)8-4-2-1-3-5-8/h9H,1-7H2,(H,12,13). The van der Waals surface area contributed by atoms with Gasteiger partial charge in [0.05, 0.1) is 12.2 Å². The lowest BCUT2D eigenvalue weighted by atomic mass is 9.89. The van der Waals surface area contributed by atoms with Gasteiger partial charge in [0.15, 0.2) is 0 Å². The maximum absolute atomic E-state index is 11.2. The first-order valence-electron chi connectivity index (χ1n) is 5.43. The van der Waals surface area contributed by atoms with E-state index in [0.29, 0.717) is 12.2 Å². The number of hydrogen-bond acceptors (Lipinski definition) is 3. The van der Waals surface area contributed by atoms with Crippen LogP contribution in [-0.4, -0.2) is 30.6 Å². The van der Waals surface area contributed by atoms with Gasteiger partial charge in [-0.2, -0.15) is 0 Å². The van der Waals surface area contributed by atoms with Crippen molar-refractivity contribution in [3.05, 3.63) is 11.1 Å². The van der Waals surface area contributed by atoms with E-state index in [4.69, 9.17) is 9.47 Å². The summed E-state index contributed by atoms with van der Waals surface area (Å²) < 4.78 is 10.3. The second-order valence-corrected chi connectivity index (χ2v) is 4.03. The first kappa shape index (κ1) is 10.6. The number of aliphatic carboxylic acids is 1. The Hall–Kier alpha value is -0.870. The molecular weight excluding hydrogens is 196 g/mol. The first-order valence-corrected chi connectivity index (χ1v) is 5.43. The maximum Gasteiger partial charge on any atom is 0.334 e. The van der Waals surface area contributed by atoms with Crippen LogP contribution in [0.1, 0.15) is 32.1 Å². The Morgan fingerprint density at radius 3 is 2.53 bits per heavy atom. The van der Waals surface area contributed by atoms with Gasteiger partial charge in [-0.1, -0.05) is 12.0 Å². The van der Waals surface area contributed by atoms with Gasteiger partial charge in [0.2, 0.25) is 0 Å². The molecular formula is C11H16O4. The highest BCUT2D eigenvalue weighted by Crippen LogP contribution is 2.29. The summed E-state index contributed by atoms with van der Waals surface area (Å²) in [5, 5.41) is 9.19.